The molecule has 2 N–H and O–H groups in total. The molecule has 9 nitrogen and oxygen atoms in total. The van der Waals surface area contributed by atoms with Crippen LogP contribution in [0.4, 0.5) is 10.7 Å². The molecular formula is C21H31ClN6O3. The van der Waals surface area contributed by atoms with Crippen LogP contribution in [0.25, 0.3) is 5.52 Å². The van der Waals surface area contributed by atoms with Crippen molar-refractivity contribution in [3.8, 4) is 0 Å². The molecule has 10 heteroatoms. The van der Waals surface area contributed by atoms with Crippen LogP contribution in [0.1, 0.15) is 65.6 Å². The maximum Gasteiger partial charge on any atom is 0.410 e. The summed E-state index contributed by atoms with van der Waals surface area (Å²) in [5.41, 5.74) is 0.127. The zero-order valence-corrected chi connectivity index (χ0v) is 19.3. The lowest BCUT2D eigenvalue weighted by Crippen LogP contribution is -2.52. The first-order valence-corrected chi connectivity index (χ1v) is 11.3. The van der Waals surface area contributed by atoms with Gasteiger partial charge in [0.2, 0.25) is 5.95 Å². The van der Waals surface area contributed by atoms with Crippen molar-refractivity contribution in [2.45, 2.75) is 83.0 Å². The molecule has 1 aliphatic heterocycles. The molecular weight excluding hydrogens is 420 g/mol. The minimum atomic E-state index is -0.764. The standard InChI is InChI=1S/C21H31ClN6O3/c1-5-21(8-6-9-21)17-25-16(22)14-11-23-18(26-28(14)17)24-13-7-10-27(12-15(13)29)19(30)31-20(2,3)4/h11,13,15,29H,5-10,12H2,1-4H3,(H,24,26)/t13-,15+/m0/s1. The van der Waals surface area contributed by atoms with E-state index in [1.165, 1.54) is 11.3 Å². The second kappa shape index (κ2) is 8.09. The normalized spacial score (nSPS) is 23.5. The number of hydrogen-bond acceptors (Lipinski definition) is 7. The minimum absolute atomic E-state index is 0.0138. The molecule has 3 heterocycles. The predicted octanol–water partition coefficient (Wildman–Crippen LogP) is 3.39. The third kappa shape index (κ3) is 4.30. The number of hydrogen-bond donors (Lipinski definition) is 2. The van der Waals surface area contributed by atoms with Gasteiger partial charge >= 0.3 is 6.09 Å². The van der Waals surface area contributed by atoms with Gasteiger partial charge in [-0.15, -0.1) is 5.10 Å². The molecule has 31 heavy (non-hydrogen) atoms. The van der Waals surface area contributed by atoms with E-state index in [0.29, 0.717) is 29.6 Å². The number of amides is 1. The molecule has 1 aliphatic carbocycles. The molecule has 1 saturated carbocycles. The van der Waals surface area contributed by atoms with Gasteiger partial charge in [-0.3, -0.25) is 0 Å². The van der Waals surface area contributed by atoms with Gasteiger partial charge in [0.25, 0.3) is 0 Å². The molecule has 1 amide bonds. The van der Waals surface area contributed by atoms with Crippen molar-refractivity contribution in [3.05, 3.63) is 17.2 Å². The highest BCUT2D eigenvalue weighted by Gasteiger charge is 2.41. The zero-order chi connectivity index (χ0) is 22.4. The third-order valence-electron chi connectivity index (χ3n) is 6.36. The van der Waals surface area contributed by atoms with Crippen LogP contribution in [0.3, 0.4) is 0 Å². The second-order valence-corrected chi connectivity index (χ2v) is 9.98. The van der Waals surface area contributed by atoms with E-state index in [2.05, 4.69) is 27.3 Å². The van der Waals surface area contributed by atoms with Crippen LogP contribution in [0.15, 0.2) is 6.20 Å². The van der Waals surface area contributed by atoms with E-state index in [9.17, 15) is 9.90 Å². The van der Waals surface area contributed by atoms with E-state index in [1.54, 1.807) is 10.7 Å². The highest BCUT2D eigenvalue weighted by molar-refractivity contribution is 6.32. The Hall–Kier alpha value is -2.13. The lowest BCUT2D eigenvalue weighted by molar-refractivity contribution is 0.00112. The summed E-state index contributed by atoms with van der Waals surface area (Å²) in [6.07, 6.45) is 5.36. The minimum Gasteiger partial charge on any atom is -0.444 e. The Balaban J connectivity index is 1.49. The lowest BCUT2D eigenvalue weighted by atomic mass is 9.66. The quantitative estimate of drug-likeness (QED) is 0.735. The first-order chi connectivity index (χ1) is 14.6. The molecule has 2 fully saturated rings. The first-order valence-electron chi connectivity index (χ1n) is 11.0. The summed E-state index contributed by atoms with van der Waals surface area (Å²) in [4.78, 5) is 22.8. The van der Waals surface area contributed by atoms with Gasteiger partial charge in [0, 0.05) is 12.0 Å². The van der Waals surface area contributed by atoms with Crippen molar-refractivity contribution in [3.63, 3.8) is 0 Å². The van der Waals surface area contributed by atoms with Gasteiger partial charge in [-0.05, 0) is 46.5 Å². The number of halogens is 1. The number of ether oxygens (including phenoxy) is 1. The van der Waals surface area contributed by atoms with E-state index in [-0.39, 0.29) is 18.0 Å². The predicted molar refractivity (Wildman–Crippen MR) is 117 cm³/mol. The van der Waals surface area contributed by atoms with E-state index in [1.807, 2.05) is 20.8 Å². The highest BCUT2D eigenvalue weighted by atomic mass is 35.5. The number of carbonyl (C=O) groups excluding carboxylic acids is 1. The zero-order valence-electron chi connectivity index (χ0n) is 18.6. The fraction of sp³-hybridized carbons (Fsp3) is 0.714. The molecule has 0 aromatic carbocycles. The third-order valence-corrected chi connectivity index (χ3v) is 6.64. The smallest absolute Gasteiger partial charge is 0.410 e. The Morgan fingerprint density at radius 1 is 1.42 bits per heavy atom. The van der Waals surface area contributed by atoms with E-state index in [0.717, 1.165) is 25.1 Å². The number of fused-ring (bicyclic) bond motifs is 1. The number of nitrogens with one attached hydrogen (secondary N) is 1. The monoisotopic (exact) mass is 450 g/mol. The average Bonchev–Trinajstić information content (AvgIpc) is 2.98. The van der Waals surface area contributed by atoms with Gasteiger partial charge in [0.15, 0.2) is 5.15 Å². The summed E-state index contributed by atoms with van der Waals surface area (Å²) < 4.78 is 7.20. The van der Waals surface area contributed by atoms with Gasteiger partial charge in [0.05, 0.1) is 24.9 Å². The first kappa shape index (κ1) is 22.1. The molecule has 2 aromatic heterocycles. The van der Waals surface area contributed by atoms with Crippen LogP contribution in [-0.4, -0.2) is 66.5 Å². The summed E-state index contributed by atoms with van der Waals surface area (Å²) in [7, 11) is 0. The Morgan fingerprint density at radius 3 is 2.74 bits per heavy atom. The number of nitrogens with zero attached hydrogens (tertiary/aromatic N) is 5. The summed E-state index contributed by atoms with van der Waals surface area (Å²) in [6, 6.07) is -0.276. The maximum atomic E-state index is 12.3. The van der Waals surface area contributed by atoms with E-state index < -0.39 is 17.8 Å². The Bertz CT molecular complexity index is 962. The van der Waals surface area contributed by atoms with Gasteiger partial charge in [-0.1, -0.05) is 24.9 Å². The van der Waals surface area contributed by atoms with Crippen LogP contribution in [0.2, 0.25) is 5.15 Å². The molecule has 1 saturated heterocycles. The van der Waals surface area contributed by atoms with Gasteiger partial charge < -0.3 is 20.1 Å². The summed E-state index contributed by atoms with van der Waals surface area (Å²) in [6.45, 7) is 8.32. The number of rotatable bonds is 4. The number of aliphatic hydroxyl groups is 1. The largest absolute Gasteiger partial charge is 0.444 e. The van der Waals surface area contributed by atoms with Crippen LogP contribution >= 0.6 is 11.6 Å². The van der Waals surface area contributed by atoms with Crippen molar-refractivity contribution in [2.24, 2.45) is 0 Å². The number of carbonyl (C=O) groups is 1. The van der Waals surface area contributed by atoms with Crippen LogP contribution in [0, 0.1) is 0 Å². The molecule has 0 unspecified atom stereocenters. The fourth-order valence-corrected chi connectivity index (χ4v) is 4.57. The van der Waals surface area contributed by atoms with Gasteiger partial charge in [-0.2, -0.15) is 0 Å². The molecule has 2 aliphatic rings. The number of aromatic nitrogens is 4. The van der Waals surface area contributed by atoms with E-state index >= 15 is 0 Å². The molecule has 0 bridgehead atoms. The van der Waals surface area contributed by atoms with Crippen molar-refractivity contribution in [1.82, 2.24) is 24.5 Å². The topological polar surface area (TPSA) is 105 Å². The van der Waals surface area contributed by atoms with Gasteiger partial charge in [0.1, 0.15) is 16.9 Å². The van der Waals surface area contributed by atoms with Crippen molar-refractivity contribution >= 4 is 29.2 Å². The number of likely N-dealkylation sites (tertiary alicyclic amines) is 1. The Labute approximate surface area is 187 Å². The molecule has 0 radical (unpaired) electrons. The van der Waals surface area contributed by atoms with Crippen LogP contribution < -0.4 is 5.32 Å². The van der Waals surface area contributed by atoms with Crippen molar-refractivity contribution < 1.29 is 14.6 Å². The summed E-state index contributed by atoms with van der Waals surface area (Å²) >= 11 is 6.36. The second-order valence-electron chi connectivity index (χ2n) is 9.63. The summed E-state index contributed by atoms with van der Waals surface area (Å²) in [5.74, 6) is 1.29. The van der Waals surface area contributed by atoms with E-state index in [4.69, 9.17) is 16.3 Å². The highest BCUT2D eigenvalue weighted by Crippen LogP contribution is 2.46. The van der Waals surface area contributed by atoms with Crippen molar-refractivity contribution in [1.29, 1.82) is 0 Å². The van der Waals surface area contributed by atoms with Crippen LogP contribution in [-0.2, 0) is 10.2 Å². The summed E-state index contributed by atoms with van der Waals surface area (Å²) in [5, 5.41) is 18.9. The Morgan fingerprint density at radius 2 is 2.16 bits per heavy atom. The molecule has 4 rings (SSSR count). The maximum absolute atomic E-state index is 12.3. The molecule has 2 atom stereocenters. The Kier molecular flexibility index (Phi) is 5.76. The SMILES string of the molecule is CCC1(c2nc(Cl)c3cnc(N[C@H]4CCN(C(=O)OC(C)(C)C)C[C@H]4O)nn23)CCC1. The van der Waals surface area contributed by atoms with Crippen molar-refractivity contribution in [2.75, 3.05) is 18.4 Å². The number of imidazole rings is 1. The molecule has 2 aromatic rings. The number of piperidine rings is 1. The van der Waals surface area contributed by atoms with Crippen LogP contribution in [0.5, 0.6) is 0 Å². The average molecular weight is 451 g/mol. The lowest BCUT2D eigenvalue weighted by Gasteiger charge is -2.39. The number of anilines is 1. The molecule has 0 spiro atoms. The molecule has 170 valence electrons. The van der Waals surface area contributed by atoms with Gasteiger partial charge in [-0.25, -0.2) is 19.3 Å². The number of β-amino-alcohol motifs (C(OH)–C–C–N with tert-alkyl or cyclic N) is 1. The number of aliphatic hydroxyl groups excluding tert-OH is 1. The fourth-order valence-electron chi connectivity index (χ4n) is 4.36.